The Morgan fingerprint density at radius 1 is 1.22 bits per heavy atom. The van der Waals surface area contributed by atoms with Gasteiger partial charge in [-0.05, 0) is 18.6 Å². The van der Waals surface area contributed by atoms with Crippen molar-refractivity contribution in [3.8, 4) is 17.0 Å². The van der Waals surface area contributed by atoms with Gasteiger partial charge >= 0.3 is 0 Å². The van der Waals surface area contributed by atoms with Gasteiger partial charge in [0.05, 0.1) is 12.8 Å². The van der Waals surface area contributed by atoms with Gasteiger partial charge in [-0.25, -0.2) is 9.97 Å². The second-order valence-electron chi connectivity index (χ2n) is 4.04. The number of nitrogen functional groups attached to an aromatic ring is 1. The van der Waals surface area contributed by atoms with Gasteiger partial charge in [0, 0.05) is 18.1 Å². The van der Waals surface area contributed by atoms with Crippen molar-refractivity contribution in [1.29, 1.82) is 0 Å². The van der Waals surface area contributed by atoms with Crippen LogP contribution in [0.1, 0.15) is 19.2 Å². The normalized spacial score (nSPS) is 10.3. The van der Waals surface area contributed by atoms with E-state index in [2.05, 4.69) is 16.9 Å². The highest BCUT2D eigenvalue weighted by atomic mass is 16.5. The van der Waals surface area contributed by atoms with Crippen molar-refractivity contribution in [3.05, 3.63) is 36.2 Å². The van der Waals surface area contributed by atoms with Gasteiger partial charge in [-0.2, -0.15) is 0 Å². The third-order valence-corrected chi connectivity index (χ3v) is 2.65. The molecule has 4 nitrogen and oxygen atoms in total. The van der Waals surface area contributed by atoms with E-state index >= 15 is 0 Å². The van der Waals surface area contributed by atoms with Crippen LogP contribution >= 0.6 is 0 Å². The zero-order valence-corrected chi connectivity index (χ0v) is 10.7. The maximum absolute atomic E-state index is 5.83. The molecule has 2 rings (SSSR count). The van der Waals surface area contributed by atoms with Gasteiger partial charge < -0.3 is 10.5 Å². The van der Waals surface area contributed by atoms with Crippen LogP contribution in [-0.2, 0) is 6.42 Å². The topological polar surface area (TPSA) is 61.0 Å². The highest BCUT2D eigenvalue weighted by molar-refractivity contribution is 5.68. The van der Waals surface area contributed by atoms with Crippen molar-refractivity contribution in [2.75, 3.05) is 12.8 Å². The van der Waals surface area contributed by atoms with Crippen molar-refractivity contribution in [3.63, 3.8) is 0 Å². The molecule has 1 heterocycles. The highest BCUT2D eigenvalue weighted by Crippen LogP contribution is 2.28. The van der Waals surface area contributed by atoms with Crippen LogP contribution in [0.25, 0.3) is 11.3 Å². The standard InChI is InChI=1S/C14H17N3O/c1-3-6-14-16-11(9-13(15)17-14)10-7-4-5-8-12(10)18-2/h4-5,7-9H,3,6H2,1-2H3,(H2,15,16,17). The lowest BCUT2D eigenvalue weighted by molar-refractivity contribution is 0.416. The molecule has 1 aromatic heterocycles. The average molecular weight is 243 g/mol. The summed E-state index contributed by atoms with van der Waals surface area (Å²) in [7, 11) is 1.65. The fourth-order valence-corrected chi connectivity index (χ4v) is 1.85. The molecular weight excluding hydrogens is 226 g/mol. The van der Waals surface area contributed by atoms with Crippen LogP contribution < -0.4 is 10.5 Å². The van der Waals surface area contributed by atoms with E-state index in [1.54, 1.807) is 13.2 Å². The van der Waals surface area contributed by atoms with Gasteiger partial charge in [-0.1, -0.05) is 19.1 Å². The zero-order valence-electron chi connectivity index (χ0n) is 10.7. The summed E-state index contributed by atoms with van der Waals surface area (Å²) in [5.41, 5.74) is 7.57. The Balaban J connectivity index is 2.49. The van der Waals surface area contributed by atoms with Gasteiger partial charge in [-0.15, -0.1) is 0 Å². The molecule has 0 aliphatic rings. The molecule has 0 atom stereocenters. The Morgan fingerprint density at radius 3 is 2.72 bits per heavy atom. The Bertz CT molecular complexity index is 540. The molecule has 1 aromatic carbocycles. The summed E-state index contributed by atoms with van der Waals surface area (Å²) in [4.78, 5) is 8.76. The van der Waals surface area contributed by atoms with Gasteiger partial charge in [0.1, 0.15) is 17.4 Å². The molecule has 4 heteroatoms. The number of anilines is 1. The quantitative estimate of drug-likeness (QED) is 0.896. The van der Waals surface area contributed by atoms with E-state index in [1.165, 1.54) is 0 Å². The van der Waals surface area contributed by atoms with Crippen LogP contribution in [0.15, 0.2) is 30.3 Å². The number of methoxy groups -OCH3 is 1. The molecule has 0 amide bonds. The number of ether oxygens (including phenoxy) is 1. The number of para-hydroxylation sites is 1. The Hall–Kier alpha value is -2.10. The number of benzene rings is 1. The maximum Gasteiger partial charge on any atom is 0.131 e. The van der Waals surface area contributed by atoms with Crippen LogP contribution in [0.5, 0.6) is 5.75 Å². The monoisotopic (exact) mass is 243 g/mol. The fraction of sp³-hybridized carbons (Fsp3) is 0.286. The first kappa shape index (κ1) is 12.4. The van der Waals surface area contributed by atoms with Crippen LogP contribution in [0, 0.1) is 0 Å². The molecule has 0 saturated heterocycles. The zero-order chi connectivity index (χ0) is 13.0. The molecule has 0 saturated carbocycles. The van der Waals surface area contributed by atoms with Gasteiger partial charge in [0.2, 0.25) is 0 Å². The molecule has 0 unspecified atom stereocenters. The first-order valence-electron chi connectivity index (χ1n) is 6.01. The Kier molecular flexibility index (Phi) is 3.77. The molecule has 0 aliphatic carbocycles. The molecule has 0 radical (unpaired) electrons. The van der Waals surface area contributed by atoms with Gasteiger partial charge in [-0.3, -0.25) is 0 Å². The van der Waals surface area contributed by atoms with Crippen molar-refractivity contribution in [1.82, 2.24) is 9.97 Å². The molecule has 94 valence electrons. The van der Waals surface area contributed by atoms with Crippen molar-refractivity contribution in [2.45, 2.75) is 19.8 Å². The van der Waals surface area contributed by atoms with Crippen LogP contribution in [0.4, 0.5) is 5.82 Å². The molecule has 18 heavy (non-hydrogen) atoms. The Labute approximate surface area is 107 Å². The number of aromatic nitrogens is 2. The largest absolute Gasteiger partial charge is 0.496 e. The summed E-state index contributed by atoms with van der Waals surface area (Å²) in [6.45, 7) is 2.09. The second-order valence-corrected chi connectivity index (χ2v) is 4.04. The maximum atomic E-state index is 5.83. The van der Waals surface area contributed by atoms with Gasteiger partial charge in [0.25, 0.3) is 0 Å². The van der Waals surface area contributed by atoms with E-state index in [0.717, 1.165) is 35.7 Å². The predicted molar refractivity (Wildman–Crippen MR) is 72.4 cm³/mol. The number of rotatable bonds is 4. The lowest BCUT2D eigenvalue weighted by Crippen LogP contribution is -2.01. The third-order valence-electron chi connectivity index (χ3n) is 2.65. The fourth-order valence-electron chi connectivity index (χ4n) is 1.85. The van der Waals surface area contributed by atoms with Crippen molar-refractivity contribution in [2.24, 2.45) is 0 Å². The Morgan fingerprint density at radius 2 is 2.00 bits per heavy atom. The van der Waals surface area contributed by atoms with E-state index in [9.17, 15) is 0 Å². The summed E-state index contributed by atoms with van der Waals surface area (Å²) in [6.07, 6.45) is 1.82. The lowest BCUT2D eigenvalue weighted by atomic mass is 10.1. The van der Waals surface area contributed by atoms with Crippen LogP contribution in [-0.4, -0.2) is 17.1 Å². The first-order valence-corrected chi connectivity index (χ1v) is 6.01. The van der Waals surface area contributed by atoms with Crippen molar-refractivity contribution >= 4 is 5.82 Å². The first-order chi connectivity index (χ1) is 8.74. The SMILES string of the molecule is CCCc1nc(N)cc(-c2ccccc2OC)n1. The number of nitrogens with zero attached hydrogens (tertiary/aromatic N) is 2. The number of hydrogen-bond donors (Lipinski definition) is 1. The van der Waals surface area contributed by atoms with E-state index in [4.69, 9.17) is 10.5 Å². The van der Waals surface area contributed by atoms with E-state index < -0.39 is 0 Å². The van der Waals surface area contributed by atoms with E-state index in [-0.39, 0.29) is 0 Å². The minimum absolute atomic E-state index is 0.495. The summed E-state index contributed by atoms with van der Waals surface area (Å²) in [5.74, 6) is 2.06. The number of nitrogens with two attached hydrogens (primary N) is 1. The van der Waals surface area contributed by atoms with E-state index in [0.29, 0.717) is 5.82 Å². The molecule has 0 aliphatic heterocycles. The molecule has 0 fully saturated rings. The van der Waals surface area contributed by atoms with Crippen molar-refractivity contribution < 1.29 is 4.74 Å². The van der Waals surface area contributed by atoms with Crippen LogP contribution in [0.2, 0.25) is 0 Å². The molecule has 2 aromatic rings. The minimum Gasteiger partial charge on any atom is -0.496 e. The molecular formula is C14H17N3O. The molecule has 0 bridgehead atoms. The summed E-state index contributed by atoms with van der Waals surface area (Å²) in [6, 6.07) is 9.54. The number of hydrogen-bond acceptors (Lipinski definition) is 4. The minimum atomic E-state index is 0.495. The predicted octanol–water partition coefficient (Wildman–Crippen LogP) is 2.69. The van der Waals surface area contributed by atoms with Gasteiger partial charge in [0.15, 0.2) is 0 Å². The average Bonchev–Trinajstić information content (AvgIpc) is 2.38. The van der Waals surface area contributed by atoms with E-state index in [1.807, 2.05) is 24.3 Å². The summed E-state index contributed by atoms with van der Waals surface area (Å²) in [5, 5.41) is 0. The third kappa shape index (κ3) is 2.59. The van der Waals surface area contributed by atoms with Crippen LogP contribution in [0.3, 0.4) is 0 Å². The smallest absolute Gasteiger partial charge is 0.131 e. The highest BCUT2D eigenvalue weighted by Gasteiger charge is 2.09. The lowest BCUT2D eigenvalue weighted by Gasteiger charge is -2.09. The molecule has 2 N–H and O–H groups in total. The summed E-state index contributed by atoms with van der Waals surface area (Å²) < 4.78 is 5.34. The number of aryl methyl sites for hydroxylation is 1. The summed E-state index contributed by atoms with van der Waals surface area (Å²) >= 11 is 0. The second kappa shape index (κ2) is 5.49. The molecule has 0 spiro atoms.